The van der Waals surface area contributed by atoms with Crippen LogP contribution in [0.5, 0.6) is 0 Å². The molecule has 14 heavy (non-hydrogen) atoms. The molecule has 0 heterocycles. The summed E-state index contributed by atoms with van der Waals surface area (Å²) in [6.07, 6.45) is 0.471. The van der Waals surface area contributed by atoms with Gasteiger partial charge in [0, 0.05) is 0 Å². The summed E-state index contributed by atoms with van der Waals surface area (Å²) in [5, 5.41) is 8.80. The minimum Gasteiger partial charge on any atom is -0.481 e. The molecule has 2 unspecified atom stereocenters. The van der Waals surface area contributed by atoms with Crippen molar-refractivity contribution in [2.24, 2.45) is 11.8 Å². The summed E-state index contributed by atoms with van der Waals surface area (Å²) in [6.45, 7) is 7.01. The second-order valence-corrected chi connectivity index (χ2v) is 3.72. The van der Waals surface area contributed by atoms with Gasteiger partial charge < -0.3 is 9.84 Å². The Morgan fingerprint density at radius 3 is 2.07 bits per heavy atom. The molecule has 1 N–H and O–H groups in total. The number of carbonyl (C=O) groups excluding carboxylic acids is 1. The lowest BCUT2D eigenvalue weighted by molar-refractivity contribution is -0.164. The van der Waals surface area contributed by atoms with Crippen molar-refractivity contribution >= 4 is 11.9 Å². The Bertz CT molecular complexity index is 210. The van der Waals surface area contributed by atoms with Crippen molar-refractivity contribution < 1.29 is 19.4 Å². The number of esters is 1. The predicted octanol–water partition coefficient (Wildman–Crippen LogP) is 1.68. The second-order valence-electron chi connectivity index (χ2n) is 3.72. The lowest BCUT2D eigenvalue weighted by Crippen LogP contribution is -2.32. The lowest BCUT2D eigenvalue weighted by Gasteiger charge is -2.17. The summed E-state index contributed by atoms with van der Waals surface area (Å²) < 4.78 is 4.96. The fraction of sp³-hybridized carbons (Fsp3) is 0.800. The number of carboxylic acids is 1. The summed E-state index contributed by atoms with van der Waals surface area (Å²) in [5.74, 6) is -3.05. The van der Waals surface area contributed by atoms with Gasteiger partial charge in [0.05, 0.1) is 6.10 Å². The third-order valence-electron chi connectivity index (χ3n) is 2.08. The molecule has 0 aliphatic heterocycles. The van der Waals surface area contributed by atoms with Crippen molar-refractivity contribution in [3.63, 3.8) is 0 Å². The van der Waals surface area contributed by atoms with E-state index in [2.05, 4.69) is 0 Å². The summed E-state index contributed by atoms with van der Waals surface area (Å²) in [7, 11) is 0. The van der Waals surface area contributed by atoms with Gasteiger partial charge in [0.2, 0.25) is 0 Å². The Morgan fingerprint density at radius 1 is 1.29 bits per heavy atom. The molecule has 4 nitrogen and oxygen atoms in total. The van der Waals surface area contributed by atoms with E-state index < -0.39 is 17.9 Å². The van der Waals surface area contributed by atoms with Crippen molar-refractivity contribution in [1.82, 2.24) is 0 Å². The Hall–Kier alpha value is -1.06. The molecular formula is C10H18O4. The lowest BCUT2D eigenvalue weighted by atomic mass is 9.96. The molecule has 0 radical (unpaired) electrons. The first-order valence-corrected chi connectivity index (χ1v) is 4.83. The third-order valence-corrected chi connectivity index (χ3v) is 2.08. The quantitative estimate of drug-likeness (QED) is 0.544. The second kappa shape index (κ2) is 5.62. The van der Waals surface area contributed by atoms with E-state index in [0.717, 1.165) is 0 Å². The summed E-state index contributed by atoms with van der Waals surface area (Å²) >= 11 is 0. The molecule has 4 heteroatoms. The van der Waals surface area contributed by atoms with Gasteiger partial charge in [-0.25, -0.2) is 0 Å². The zero-order valence-electron chi connectivity index (χ0n) is 9.11. The van der Waals surface area contributed by atoms with E-state index in [1.807, 2.05) is 6.92 Å². The zero-order valence-corrected chi connectivity index (χ0v) is 9.11. The third kappa shape index (κ3) is 3.77. The number of carbonyl (C=O) groups is 2. The average molecular weight is 202 g/mol. The van der Waals surface area contributed by atoms with Crippen LogP contribution in [0.4, 0.5) is 0 Å². The molecule has 0 aromatic rings. The first-order chi connectivity index (χ1) is 6.40. The molecule has 0 aliphatic rings. The predicted molar refractivity (Wildman–Crippen MR) is 51.8 cm³/mol. The normalized spacial score (nSPS) is 14.9. The van der Waals surface area contributed by atoms with Crippen molar-refractivity contribution in [3.8, 4) is 0 Å². The van der Waals surface area contributed by atoms with Gasteiger partial charge in [-0.1, -0.05) is 20.8 Å². The van der Waals surface area contributed by atoms with Crippen LogP contribution in [0.25, 0.3) is 0 Å². The Labute approximate surface area is 84.3 Å². The minimum atomic E-state index is -1.12. The highest BCUT2D eigenvalue weighted by molar-refractivity contribution is 5.94. The summed E-state index contributed by atoms with van der Waals surface area (Å²) in [4.78, 5) is 22.1. The van der Waals surface area contributed by atoms with Gasteiger partial charge in [0.25, 0.3) is 0 Å². The molecule has 2 atom stereocenters. The van der Waals surface area contributed by atoms with Crippen molar-refractivity contribution in [2.75, 3.05) is 0 Å². The molecule has 0 rings (SSSR count). The SMILES string of the molecule is CCC(C)OC(=O)C(C(=O)O)C(C)C. The van der Waals surface area contributed by atoms with Crippen LogP contribution in [0.1, 0.15) is 34.1 Å². The number of hydrogen-bond donors (Lipinski definition) is 1. The van der Waals surface area contributed by atoms with Crippen LogP contribution in [0, 0.1) is 11.8 Å². The molecule has 82 valence electrons. The Morgan fingerprint density at radius 2 is 1.79 bits per heavy atom. The number of hydrogen-bond acceptors (Lipinski definition) is 3. The zero-order chi connectivity index (χ0) is 11.3. The maximum Gasteiger partial charge on any atom is 0.320 e. The molecule has 0 saturated heterocycles. The smallest absolute Gasteiger partial charge is 0.320 e. The van der Waals surface area contributed by atoms with E-state index in [4.69, 9.17) is 9.84 Å². The van der Waals surface area contributed by atoms with E-state index in [-0.39, 0.29) is 12.0 Å². The molecule has 0 amide bonds. The molecule has 0 aromatic heterocycles. The minimum absolute atomic E-state index is 0.219. The topological polar surface area (TPSA) is 63.6 Å². The molecule has 0 aromatic carbocycles. The standard InChI is InChI=1S/C10H18O4/c1-5-7(4)14-10(13)8(6(2)3)9(11)12/h6-8H,5H2,1-4H3,(H,11,12). The molecule has 0 fully saturated rings. The largest absolute Gasteiger partial charge is 0.481 e. The monoisotopic (exact) mass is 202 g/mol. The van der Waals surface area contributed by atoms with Gasteiger partial charge in [0.1, 0.15) is 0 Å². The van der Waals surface area contributed by atoms with Crippen molar-refractivity contribution in [3.05, 3.63) is 0 Å². The van der Waals surface area contributed by atoms with Crippen molar-refractivity contribution in [1.29, 1.82) is 0 Å². The van der Waals surface area contributed by atoms with E-state index in [9.17, 15) is 9.59 Å². The van der Waals surface area contributed by atoms with E-state index >= 15 is 0 Å². The van der Waals surface area contributed by atoms with Gasteiger partial charge in [-0.15, -0.1) is 0 Å². The number of rotatable bonds is 5. The molecule has 0 spiro atoms. The number of ether oxygens (including phenoxy) is 1. The maximum atomic E-state index is 11.4. The molecule has 0 aliphatic carbocycles. The highest BCUT2D eigenvalue weighted by Gasteiger charge is 2.31. The Kier molecular flexibility index (Phi) is 5.20. The van der Waals surface area contributed by atoms with Crippen LogP contribution in [0.3, 0.4) is 0 Å². The van der Waals surface area contributed by atoms with Crippen LogP contribution in [-0.4, -0.2) is 23.1 Å². The summed E-state index contributed by atoms with van der Waals surface area (Å²) in [5.41, 5.74) is 0. The highest BCUT2D eigenvalue weighted by Crippen LogP contribution is 2.14. The van der Waals surface area contributed by atoms with Crippen molar-refractivity contribution in [2.45, 2.75) is 40.2 Å². The number of aliphatic carboxylic acids is 1. The van der Waals surface area contributed by atoms with Gasteiger partial charge in [-0.2, -0.15) is 0 Å². The van der Waals surface area contributed by atoms with Crippen LogP contribution in [-0.2, 0) is 14.3 Å². The van der Waals surface area contributed by atoms with E-state index in [1.165, 1.54) is 0 Å². The van der Waals surface area contributed by atoms with Crippen LogP contribution in [0.2, 0.25) is 0 Å². The van der Waals surface area contributed by atoms with Gasteiger partial charge in [-0.3, -0.25) is 9.59 Å². The fourth-order valence-corrected chi connectivity index (χ4v) is 1.01. The van der Waals surface area contributed by atoms with Crippen LogP contribution < -0.4 is 0 Å². The number of carboxylic acid groups (broad SMARTS) is 1. The highest BCUT2D eigenvalue weighted by atomic mass is 16.5. The molecule has 0 saturated carbocycles. The van der Waals surface area contributed by atoms with E-state index in [0.29, 0.717) is 6.42 Å². The van der Waals surface area contributed by atoms with Gasteiger partial charge in [-0.05, 0) is 19.3 Å². The molecule has 0 bridgehead atoms. The van der Waals surface area contributed by atoms with Crippen LogP contribution >= 0.6 is 0 Å². The van der Waals surface area contributed by atoms with Crippen LogP contribution in [0.15, 0.2) is 0 Å². The van der Waals surface area contributed by atoms with Gasteiger partial charge >= 0.3 is 11.9 Å². The maximum absolute atomic E-state index is 11.4. The summed E-state index contributed by atoms with van der Waals surface area (Å²) in [6, 6.07) is 0. The first kappa shape index (κ1) is 12.9. The first-order valence-electron chi connectivity index (χ1n) is 4.83. The van der Waals surface area contributed by atoms with Gasteiger partial charge in [0.15, 0.2) is 5.92 Å². The average Bonchev–Trinajstić information content (AvgIpc) is 2.02. The Balaban J connectivity index is 4.38. The molecular weight excluding hydrogens is 184 g/mol. The van der Waals surface area contributed by atoms with E-state index in [1.54, 1.807) is 20.8 Å². The fourth-order valence-electron chi connectivity index (χ4n) is 1.01.